The first-order chi connectivity index (χ1) is 15.1. The Bertz CT molecular complexity index is 1110. The minimum Gasteiger partial charge on any atom is -0.353 e. The molecule has 2 aliphatic rings. The normalized spacial score (nSPS) is 16.4. The van der Waals surface area contributed by atoms with Crippen LogP contribution in [0.15, 0.2) is 48.7 Å². The summed E-state index contributed by atoms with van der Waals surface area (Å²) < 4.78 is 1.86. The smallest absolute Gasteiger partial charge is 0.253 e. The highest BCUT2D eigenvalue weighted by Crippen LogP contribution is 2.27. The van der Waals surface area contributed by atoms with Crippen LogP contribution in [-0.2, 0) is 6.42 Å². The van der Waals surface area contributed by atoms with Crippen LogP contribution in [0.25, 0.3) is 5.69 Å². The average Bonchev–Trinajstić information content (AvgIpc) is 3.17. The molecule has 0 radical (unpaired) electrons. The Morgan fingerprint density at radius 2 is 1.74 bits per heavy atom. The summed E-state index contributed by atoms with van der Waals surface area (Å²) in [5.74, 6) is 1.18. The van der Waals surface area contributed by atoms with E-state index in [2.05, 4.69) is 15.0 Å². The van der Waals surface area contributed by atoms with Gasteiger partial charge in [0.1, 0.15) is 5.82 Å². The van der Waals surface area contributed by atoms with Gasteiger partial charge in [0, 0.05) is 44.4 Å². The SMILES string of the molecule is Cc1nn(-c2ccc(C(=O)N3CCN(c4ccccn4)CC3)cc2)c2c1C(=O)CCC2. The van der Waals surface area contributed by atoms with Gasteiger partial charge in [-0.1, -0.05) is 6.07 Å². The number of Topliss-reactive ketones (excluding diaryl/α,β-unsaturated/α-hetero) is 1. The molecule has 1 fully saturated rings. The first-order valence-corrected chi connectivity index (χ1v) is 10.8. The number of hydrogen-bond donors (Lipinski definition) is 0. The van der Waals surface area contributed by atoms with Crippen LogP contribution in [0.4, 0.5) is 5.82 Å². The number of carbonyl (C=O) groups is 2. The molecule has 0 unspecified atom stereocenters. The van der Waals surface area contributed by atoms with Crippen molar-refractivity contribution < 1.29 is 9.59 Å². The summed E-state index contributed by atoms with van der Waals surface area (Å²) in [7, 11) is 0. The molecule has 0 saturated carbocycles. The van der Waals surface area contributed by atoms with Crippen LogP contribution in [0.3, 0.4) is 0 Å². The molecular weight excluding hydrogens is 390 g/mol. The number of ketones is 1. The highest BCUT2D eigenvalue weighted by atomic mass is 16.2. The first-order valence-electron chi connectivity index (χ1n) is 10.8. The van der Waals surface area contributed by atoms with E-state index in [-0.39, 0.29) is 11.7 Å². The Labute approximate surface area is 181 Å². The Kier molecular flexibility index (Phi) is 5.02. The Balaban J connectivity index is 1.29. The van der Waals surface area contributed by atoms with Gasteiger partial charge in [-0.15, -0.1) is 0 Å². The summed E-state index contributed by atoms with van der Waals surface area (Å²) in [4.78, 5) is 33.8. The zero-order valence-electron chi connectivity index (χ0n) is 17.6. The molecule has 3 aromatic rings. The number of rotatable bonds is 3. The number of aryl methyl sites for hydroxylation is 1. The highest BCUT2D eigenvalue weighted by molar-refractivity contribution is 5.99. The summed E-state index contributed by atoms with van der Waals surface area (Å²) in [5.41, 5.74) is 4.10. The number of anilines is 1. The molecule has 1 aromatic carbocycles. The molecule has 1 amide bonds. The second-order valence-electron chi connectivity index (χ2n) is 8.11. The molecule has 1 aliphatic heterocycles. The number of aromatic nitrogens is 3. The van der Waals surface area contributed by atoms with Crippen LogP contribution < -0.4 is 4.90 Å². The Hall–Kier alpha value is -3.48. The van der Waals surface area contributed by atoms with Crippen LogP contribution in [0.2, 0.25) is 0 Å². The fourth-order valence-electron chi connectivity index (χ4n) is 4.53. The fraction of sp³-hybridized carbons (Fsp3) is 0.333. The number of benzene rings is 1. The van der Waals surface area contributed by atoms with Crippen LogP contribution in [0.1, 0.15) is 44.9 Å². The van der Waals surface area contributed by atoms with E-state index in [1.807, 2.05) is 59.0 Å². The molecule has 1 saturated heterocycles. The van der Waals surface area contributed by atoms with Gasteiger partial charge in [0.15, 0.2) is 5.78 Å². The summed E-state index contributed by atoms with van der Waals surface area (Å²) in [5, 5.41) is 4.60. The third-order valence-electron chi connectivity index (χ3n) is 6.15. The molecular formula is C24H25N5O2. The molecule has 5 rings (SSSR count). The van der Waals surface area contributed by atoms with Crippen molar-refractivity contribution in [3.8, 4) is 5.69 Å². The van der Waals surface area contributed by atoms with E-state index in [0.717, 1.165) is 54.4 Å². The van der Waals surface area contributed by atoms with Crippen molar-refractivity contribution in [2.45, 2.75) is 26.2 Å². The van der Waals surface area contributed by atoms with E-state index >= 15 is 0 Å². The quantitative estimate of drug-likeness (QED) is 0.658. The third kappa shape index (κ3) is 3.60. The molecule has 0 atom stereocenters. The number of pyridine rings is 1. The van der Waals surface area contributed by atoms with Crippen molar-refractivity contribution in [1.29, 1.82) is 0 Å². The van der Waals surface area contributed by atoms with Crippen molar-refractivity contribution in [2.24, 2.45) is 0 Å². The van der Waals surface area contributed by atoms with Crippen LogP contribution >= 0.6 is 0 Å². The minimum absolute atomic E-state index is 0.0427. The zero-order valence-corrected chi connectivity index (χ0v) is 17.6. The van der Waals surface area contributed by atoms with Crippen molar-refractivity contribution in [3.05, 3.63) is 71.2 Å². The maximum absolute atomic E-state index is 13.0. The lowest BCUT2D eigenvalue weighted by Crippen LogP contribution is -2.49. The lowest BCUT2D eigenvalue weighted by molar-refractivity contribution is 0.0746. The molecule has 7 heteroatoms. The van der Waals surface area contributed by atoms with Crippen LogP contribution in [0.5, 0.6) is 0 Å². The van der Waals surface area contributed by atoms with Gasteiger partial charge in [-0.2, -0.15) is 5.10 Å². The van der Waals surface area contributed by atoms with Gasteiger partial charge in [0.05, 0.1) is 22.6 Å². The molecule has 1 aliphatic carbocycles. The van der Waals surface area contributed by atoms with Crippen molar-refractivity contribution in [3.63, 3.8) is 0 Å². The van der Waals surface area contributed by atoms with Crippen LogP contribution in [-0.4, -0.2) is 57.5 Å². The molecule has 2 aromatic heterocycles. The first kappa shape index (κ1) is 19.5. The summed E-state index contributed by atoms with van der Waals surface area (Å²) in [6.45, 7) is 4.78. The van der Waals surface area contributed by atoms with Gasteiger partial charge in [0.2, 0.25) is 0 Å². The van der Waals surface area contributed by atoms with Gasteiger partial charge in [-0.25, -0.2) is 9.67 Å². The van der Waals surface area contributed by atoms with Crippen molar-refractivity contribution in [1.82, 2.24) is 19.7 Å². The molecule has 0 bridgehead atoms. The predicted octanol–water partition coefficient (Wildman–Crippen LogP) is 3.06. The van der Waals surface area contributed by atoms with E-state index < -0.39 is 0 Å². The van der Waals surface area contributed by atoms with E-state index in [1.54, 1.807) is 6.20 Å². The number of amides is 1. The fourth-order valence-corrected chi connectivity index (χ4v) is 4.53. The van der Waals surface area contributed by atoms with Gasteiger partial charge < -0.3 is 9.80 Å². The second kappa shape index (κ2) is 7.98. The molecule has 0 N–H and O–H groups in total. The summed E-state index contributed by atoms with van der Waals surface area (Å²) in [6, 6.07) is 13.4. The van der Waals surface area contributed by atoms with Crippen molar-refractivity contribution in [2.75, 3.05) is 31.1 Å². The van der Waals surface area contributed by atoms with E-state index in [4.69, 9.17) is 0 Å². The molecule has 158 valence electrons. The number of hydrogen-bond acceptors (Lipinski definition) is 5. The minimum atomic E-state index is 0.0427. The van der Waals surface area contributed by atoms with E-state index in [9.17, 15) is 9.59 Å². The van der Waals surface area contributed by atoms with E-state index in [0.29, 0.717) is 25.1 Å². The van der Waals surface area contributed by atoms with E-state index in [1.165, 1.54) is 0 Å². The third-order valence-corrected chi connectivity index (χ3v) is 6.15. The maximum Gasteiger partial charge on any atom is 0.253 e. The molecule has 3 heterocycles. The topological polar surface area (TPSA) is 71.3 Å². The van der Waals surface area contributed by atoms with Gasteiger partial charge in [0.25, 0.3) is 5.91 Å². The number of fused-ring (bicyclic) bond motifs is 1. The monoisotopic (exact) mass is 415 g/mol. The van der Waals surface area contributed by atoms with Crippen LogP contribution in [0, 0.1) is 6.92 Å². The standard InChI is InChI=1S/C24H25N5O2/c1-17-23-20(5-4-6-21(23)30)29(26-17)19-10-8-18(9-11-19)24(31)28-15-13-27(14-16-28)22-7-2-3-12-25-22/h2-3,7-12H,4-6,13-16H2,1H3. The van der Waals surface area contributed by atoms with Gasteiger partial charge in [-0.05, 0) is 56.2 Å². The molecule has 0 spiro atoms. The van der Waals surface area contributed by atoms with Crippen molar-refractivity contribution >= 4 is 17.5 Å². The molecule has 7 nitrogen and oxygen atoms in total. The number of carbonyl (C=O) groups excluding carboxylic acids is 2. The lowest BCUT2D eigenvalue weighted by atomic mass is 9.94. The highest BCUT2D eigenvalue weighted by Gasteiger charge is 2.26. The Morgan fingerprint density at radius 3 is 2.45 bits per heavy atom. The lowest BCUT2D eigenvalue weighted by Gasteiger charge is -2.35. The average molecular weight is 415 g/mol. The number of nitrogens with zero attached hydrogens (tertiary/aromatic N) is 5. The van der Waals surface area contributed by atoms with Gasteiger partial charge >= 0.3 is 0 Å². The summed E-state index contributed by atoms with van der Waals surface area (Å²) >= 11 is 0. The largest absolute Gasteiger partial charge is 0.353 e. The molecule has 31 heavy (non-hydrogen) atoms. The van der Waals surface area contributed by atoms with Gasteiger partial charge in [-0.3, -0.25) is 9.59 Å². The number of piperazine rings is 1. The maximum atomic E-state index is 13.0. The Morgan fingerprint density at radius 1 is 0.968 bits per heavy atom. The zero-order chi connectivity index (χ0) is 21.4. The summed E-state index contributed by atoms with van der Waals surface area (Å²) in [6.07, 6.45) is 4.10. The second-order valence-corrected chi connectivity index (χ2v) is 8.11. The predicted molar refractivity (Wildman–Crippen MR) is 118 cm³/mol.